The van der Waals surface area contributed by atoms with Crippen molar-refractivity contribution in [1.82, 2.24) is 0 Å². The molecule has 0 unspecified atom stereocenters. The SMILES string of the molecule is CC(C)(CO)[C@@H](N)c1ccc(Cl)s1. The third-order valence-electron chi connectivity index (χ3n) is 2.15. The molecular formula is C9H14ClNOS. The first-order valence-electron chi connectivity index (χ1n) is 4.09. The summed E-state index contributed by atoms with van der Waals surface area (Å²) in [6.07, 6.45) is 0. The quantitative estimate of drug-likeness (QED) is 0.820. The highest BCUT2D eigenvalue weighted by Gasteiger charge is 2.27. The van der Waals surface area contributed by atoms with Crippen LogP contribution in [0.15, 0.2) is 12.1 Å². The molecule has 0 aromatic carbocycles. The Morgan fingerprint density at radius 1 is 1.62 bits per heavy atom. The van der Waals surface area contributed by atoms with Crippen molar-refractivity contribution >= 4 is 22.9 Å². The van der Waals surface area contributed by atoms with Gasteiger partial charge in [0.25, 0.3) is 0 Å². The summed E-state index contributed by atoms with van der Waals surface area (Å²) in [5.41, 5.74) is 5.69. The van der Waals surface area contributed by atoms with Gasteiger partial charge >= 0.3 is 0 Å². The summed E-state index contributed by atoms with van der Waals surface area (Å²) in [7, 11) is 0. The van der Waals surface area contributed by atoms with Gasteiger partial charge in [0.2, 0.25) is 0 Å². The van der Waals surface area contributed by atoms with E-state index in [1.165, 1.54) is 11.3 Å². The summed E-state index contributed by atoms with van der Waals surface area (Å²) >= 11 is 7.27. The molecule has 1 aromatic heterocycles. The van der Waals surface area contributed by atoms with Gasteiger partial charge in [0, 0.05) is 16.3 Å². The van der Waals surface area contributed by atoms with E-state index in [0.717, 1.165) is 9.21 Å². The molecular weight excluding hydrogens is 206 g/mol. The van der Waals surface area contributed by atoms with E-state index in [4.69, 9.17) is 22.4 Å². The van der Waals surface area contributed by atoms with E-state index in [1.807, 2.05) is 26.0 Å². The van der Waals surface area contributed by atoms with Crippen LogP contribution in [0, 0.1) is 5.41 Å². The molecule has 0 radical (unpaired) electrons. The molecule has 0 bridgehead atoms. The zero-order valence-electron chi connectivity index (χ0n) is 7.75. The lowest BCUT2D eigenvalue weighted by Crippen LogP contribution is -2.31. The van der Waals surface area contributed by atoms with Crippen LogP contribution in [0.4, 0.5) is 0 Å². The monoisotopic (exact) mass is 219 g/mol. The van der Waals surface area contributed by atoms with Crippen LogP contribution in [0.5, 0.6) is 0 Å². The molecule has 1 rings (SSSR count). The van der Waals surface area contributed by atoms with Crippen molar-refractivity contribution < 1.29 is 5.11 Å². The van der Waals surface area contributed by atoms with Crippen LogP contribution >= 0.6 is 22.9 Å². The first-order valence-corrected chi connectivity index (χ1v) is 5.28. The minimum Gasteiger partial charge on any atom is -0.396 e. The highest BCUT2D eigenvalue weighted by molar-refractivity contribution is 7.16. The van der Waals surface area contributed by atoms with Gasteiger partial charge in [-0.25, -0.2) is 0 Å². The van der Waals surface area contributed by atoms with E-state index in [0.29, 0.717) is 0 Å². The van der Waals surface area contributed by atoms with Gasteiger partial charge in [0.05, 0.1) is 10.9 Å². The average molecular weight is 220 g/mol. The molecule has 0 saturated carbocycles. The van der Waals surface area contributed by atoms with Crippen LogP contribution in [-0.2, 0) is 0 Å². The summed E-state index contributed by atoms with van der Waals surface area (Å²) in [5, 5.41) is 9.12. The molecule has 1 atom stereocenters. The molecule has 0 aliphatic carbocycles. The van der Waals surface area contributed by atoms with Gasteiger partial charge in [-0.05, 0) is 12.1 Å². The van der Waals surface area contributed by atoms with Crippen molar-refractivity contribution in [3.63, 3.8) is 0 Å². The minimum absolute atomic E-state index is 0.0731. The second-order valence-electron chi connectivity index (χ2n) is 3.77. The number of aliphatic hydroxyl groups excluding tert-OH is 1. The normalized spacial score (nSPS) is 14.5. The number of hydrogen-bond donors (Lipinski definition) is 2. The Kier molecular flexibility index (Phi) is 3.35. The number of aliphatic hydroxyl groups is 1. The van der Waals surface area contributed by atoms with Crippen LogP contribution in [0.3, 0.4) is 0 Å². The van der Waals surface area contributed by atoms with Crippen molar-refractivity contribution in [2.75, 3.05) is 6.61 Å². The average Bonchev–Trinajstić information content (AvgIpc) is 2.50. The summed E-state index contributed by atoms with van der Waals surface area (Å²) in [6, 6.07) is 3.58. The Balaban J connectivity index is 2.84. The van der Waals surface area contributed by atoms with Gasteiger partial charge in [-0.15, -0.1) is 11.3 Å². The summed E-state index contributed by atoms with van der Waals surface area (Å²) in [4.78, 5) is 1.02. The Hall–Kier alpha value is -0.0900. The number of nitrogens with two attached hydrogens (primary N) is 1. The third-order valence-corrected chi connectivity index (χ3v) is 3.46. The second-order valence-corrected chi connectivity index (χ2v) is 5.51. The van der Waals surface area contributed by atoms with Crippen molar-refractivity contribution in [2.45, 2.75) is 19.9 Å². The van der Waals surface area contributed by atoms with Crippen molar-refractivity contribution in [3.8, 4) is 0 Å². The fraction of sp³-hybridized carbons (Fsp3) is 0.556. The smallest absolute Gasteiger partial charge is 0.0931 e. The minimum atomic E-state index is -0.297. The molecule has 4 heteroatoms. The number of thiophene rings is 1. The molecule has 0 aliphatic heterocycles. The lowest BCUT2D eigenvalue weighted by atomic mass is 9.85. The predicted molar refractivity (Wildman–Crippen MR) is 57.1 cm³/mol. The van der Waals surface area contributed by atoms with Crippen LogP contribution in [0.25, 0.3) is 0 Å². The standard InChI is InChI=1S/C9H14ClNOS/c1-9(2,5-12)8(11)6-3-4-7(10)13-6/h3-4,8,12H,5,11H2,1-2H3/t8-/m0/s1. The van der Waals surface area contributed by atoms with Crippen LogP contribution < -0.4 is 5.73 Å². The Morgan fingerprint density at radius 2 is 2.23 bits per heavy atom. The van der Waals surface area contributed by atoms with Crippen molar-refractivity contribution in [3.05, 3.63) is 21.3 Å². The van der Waals surface area contributed by atoms with Crippen LogP contribution in [0.2, 0.25) is 4.34 Å². The fourth-order valence-corrected chi connectivity index (χ4v) is 2.25. The zero-order valence-corrected chi connectivity index (χ0v) is 9.32. The molecule has 3 N–H and O–H groups in total. The third kappa shape index (κ3) is 2.44. The lowest BCUT2D eigenvalue weighted by molar-refractivity contribution is 0.133. The maximum atomic E-state index is 9.12. The fourth-order valence-electron chi connectivity index (χ4n) is 0.979. The van der Waals surface area contributed by atoms with Gasteiger partial charge < -0.3 is 10.8 Å². The van der Waals surface area contributed by atoms with E-state index < -0.39 is 0 Å². The number of hydrogen-bond acceptors (Lipinski definition) is 3. The highest BCUT2D eigenvalue weighted by atomic mass is 35.5. The van der Waals surface area contributed by atoms with E-state index >= 15 is 0 Å². The molecule has 0 spiro atoms. The van der Waals surface area contributed by atoms with Gasteiger partial charge in [-0.1, -0.05) is 25.4 Å². The molecule has 74 valence electrons. The van der Waals surface area contributed by atoms with E-state index in [9.17, 15) is 0 Å². The van der Waals surface area contributed by atoms with Crippen LogP contribution in [-0.4, -0.2) is 11.7 Å². The van der Waals surface area contributed by atoms with Gasteiger partial charge in [0.15, 0.2) is 0 Å². The number of rotatable bonds is 3. The maximum absolute atomic E-state index is 9.12. The van der Waals surface area contributed by atoms with E-state index in [-0.39, 0.29) is 18.1 Å². The second kappa shape index (κ2) is 3.96. The summed E-state index contributed by atoms with van der Waals surface area (Å²) < 4.78 is 0.735. The van der Waals surface area contributed by atoms with Crippen molar-refractivity contribution in [2.24, 2.45) is 11.1 Å². The lowest BCUT2D eigenvalue weighted by Gasteiger charge is -2.28. The predicted octanol–water partition coefficient (Wildman–Crippen LogP) is 2.42. The molecule has 13 heavy (non-hydrogen) atoms. The summed E-state index contributed by atoms with van der Waals surface area (Å²) in [5.74, 6) is 0. The van der Waals surface area contributed by atoms with Crippen LogP contribution in [0.1, 0.15) is 24.8 Å². The summed E-state index contributed by atoms with van der Waals surface area (Å²) in [6.45, 7) is 3.94. The largest absolute Gasteiger partial charge is 0.396 e. The maximum Gasteiger partial charge on any atom is 0.0931 e. The molecule has 0 saturated heterocycles. The van der Waals surface area contributed by atoms with Gasteiger partial charge in [0.1, 0.15) is 0 Å². The molecule has 0 fully saturated rings. The van der Waals surface area contributed by atoms with Gasteiger partial charge in [-0.3, -0.25) is 0 Å². The topological polar surface area (TPSA) is 46.2 Å². The molecule has 0 aliphatic rings. The van der Waals surface area contributed by atoms with E-state index in [2.05, 4.69) is 0 Å². The zero-order chi connectivity index (χ0) is 10.1. The number of halogens is 1. The Bertz CT molecular complexity index is 285. The van der Waals surface area contributed by atoms with Crippen molar-refractivity contribution in [1.29, 1.82) is 0 Å². The van der Waals surface area contributed by atoms with E-state index in [1.54, 1.807) is 0 Å². The first kappa shape index (κ1) is 11.0. The Morgan fingerprint density at radius 3 is 2.62 bits per heavy atom. The van der Waals surface area contributed by atoms with Gasteiger partial charge in [-0.2, -0.15) is 0 Å². The Labute approximate surface area is 87.3 Å². The molecule has 1 heterocycles. The molecule has 1 aromatic rings. The molecule has 2 nitrogen and oxygen atoms in total. The first-order chi connectivity index (χ1) is 5.97. The molecule has 0 amide bonds. The highest BCUT2D eigenvalue weighted by Crippen LogP contribution is 2.35.